The van der Waals surface area contributed by atoms with Crippen LogP contribution in [0.25, 0.3) is 31.8 Å². The lowest BCUT2D eigenvalue weighted by Gasteiger charge is -2.35. The number of carbonyl (C=O) groups is 5. The van der Waals surface area contributed by atoms with Crippen LogP contribution in [-0.2, 0) is 35.1 Å². The number of nitrogens with zero attached hydrogens (tertiary/aromatic N) is 4. The fourth-order valence-corrected chi connectivity index (χ4v) is 10.6. The summed E-state index contributed by atoms with van der Waals surface area (Å²) in [5.74, 6) is -1.14. The highest BCUT2D eigenvalue weighted by molar-refractivity contribution is 7.22. The number of rotatable bonds is 20. The first kappa shape index (κ1) is 54.4. The van der Waals surface area contributed by atoms with Gasteiger partial charge in [-0.1, -0.05) is 68.9 Å². The Morgan fingerprint density at radius 3 is 2.29 bits per heavy atom. The molecule has 3 aromatic carbocycles. The highest BCUT2D eigenvalue weighted by Gasteiger charge is 2.44. The Balaban J connectivity index is 0.724. The van der Waals surface area contributed by atoms with Gasteiger partial charge in [0.05, 0.1) is 63.6 Å². The summed E-state index contributed by atoms with van der Waals surface area (Å²) in [5, 5.41) is 22.5. The number of β-amino-alcohol motifs (C(OH)–C–C–N with tert-alkyl or cyclic N) is 1. The van der Waals surface area contributed by atoms with E-state index in [0.29, 0.717) is 27.8 Å². The molecule has 3 aromatic heterocycles. The Bertz CT molecular complexity index is 2950. The summed E-state index contributed by atoms with van der Waals surface area (Å²) in [6.07, 6.45) is 5.50. The maximum Gasteiger partial charge on any atom is 0.411 e. The molecular formula is C55H64N8O10S2. The smallest absolute Gasteiger partial charge is 0.411 e. The summed E-state index contributed by atoms with van der Waals surface area (Å²) in [7, 11) is 0. The zero-order chi connectivity index (χ0) is 53.1. The van der Waals surface area contributed by atoms with Crippen LogP contribution in [0.4, 0.5) is 15.6 Å². The third kappa shape index (κ3) is 14.7. The quantitative estimate of drug-likeness (QED) is 0.0452. The van der Waals surface area contributed by atoms with E-state index in [-0.39, 0.29) is 70.5 Å². The Morgan fingerprint density at radius 2 is 1.56 bits per heavy atom. The van der Waals surface area contributed by atoms with Crippen molar-refractivity contribution in [2.24, 2.45) is 5.41 Å². The number of amides is 5. The molecule has 75 heavy (non-hydrogen) atoms. The molecule has 6 aromatic rings. The molecule has 0 unspecified atom stereocenters. The number of aryl methyl sites for hydroxylation is 2. The van der Waals surface area contributed by atoms with Gasteiger partial charge in [-0.25, -0.2) is 14.8 Å². The van der Waals surface area contributed by atoms with E-state index in [1.54, 1.807) is 47.3 Å². The number of aliphatic hydroxyl groups excluding tert-OH is 1. The summed E-state index contributed by atoms with van der Waals surface area (Å²) < 4.78 is 23.5. The van der Waals surface area contributed by atoms with Gasteiger partial charge in [-0.2, -0.15) is 0 Å². The van der Waals surface area contributed by atoms with E-state index in [2.05, 4.69) is 36.2 Å². The number of hydrogen-bond acceptors (Lipinski definition) is 15. The number of nitrogens with one attached hydrogen (secondary N) is 4. The first-order valence-electron chi connectivity index (χ1n) is 25.2. The molecule has 3 atom stereocenters. The van der Waals surface area contributed by atoms with Crippen molar-refractivity contribution in [3.63, 3.8) is 0 Å². The average molecular weight is 1060 g/mol. The lowest BCUT2D eigenvalue weighted by atomic mass is 9.85. The van der Waals surface area contributed by atoms with E-state index in [0.717, 1.165) is 68.7 Å². The monoisotopic (exact) mass is 1060 g/mol. The van der Waals surface area contributed by atoms with Crippen molar-refractivity contribution in [2.45, 2.75) is 104 Å². The number of hydrogen-bond donors (Lipinski definition) is 5. The first-order chi connectivity index (χ1) is 36.1. The number of ether oxygens (including phenoxy) is 4. The fraction of sp³-hybridized carbons (Fsp3) is 0.418. The Hall–Kier alpha value is -6.84. The van der Waals surface area contributed by atoms with Gasteiger partial charge >= 0.3 is 6.09 Å². The normalized spacial score (nSPS) is 16.3. The largest absolute Gasteiger partial charge is 0.491 e. The van der Waals surface area contributed by atoms with Gasteiger partial charge < -0.3 is 39.6 Å². The van der Waals surface area contributed by atoms with Crippen LogP contribution in [-0.4, -0.2) is 119 Å². The number of carbonyl (C=O) groups excluding carboxylic acids is 5. The zero-order valence-corrected chi connectivity index (χ0v) is 44.4. The Labute approximate surface area is 444 Å². The predicted octanol–water partition coefficient (Wildman–Crippen LogP) is 8.45. The molecule has 4 heterocycles. The van der Waals surface area contributed by atoms with Crippen molar-refractivity contribution in [1.29, 1.82) is 0 Å². The molecule has 1 saturated carbocycles. The van der Waals surface area contributed by atoms with Crippen LogP contribution >= 0.6 is 22.7 Å². The summed E-state index contributed by atoms with van der Waals surface area (Å²) >= 11 is 2.91. The molecule has 5 amide bonds. The summed E-state index contributed by atoms with van der Waals surface area (Å²) in [4.78, 5) is 82.2. The molecule has 0 radical (unpaired) electrons. The minimum absolute atomic E-state index is 0.0327. The van der Waals surface area contributed by atoms with Crippen LogP contribution < -0.4 is 26.0 Å². The number of benzene rings is 3. The molecule has 18 nitrogen and oxygen atoms in total. The second kappa shape index (κ2) is 25.1. The van der Waals surface area contributed by atoms with Crippen molar-refractivity contribution < 1.29 is 48.0 Å². The molecular weight excluding hydrogens is 997 g/mol. The zero-order valence-electron chi connectivity index (χ0n) is 42.8. The van der Waals surface area contributed by atoms with Crippen molar-refractivity contribution in [2.75, 3.05) is 50.2 Å². The first-order valence-corrected chi connectivity index (χ1v) is 26.9. The third-order valence-corrected chi connectivity index (χ3v) is 14.9. The van der Waals surface area contributed by atoms with Gasteiger partial charge in [0.15, 0.2) is 5.13 Å². The van der Waals surface area contributed by atoms with Gasteiger partial charge in [0.25, 0.3) is 5.91 Å². The minimum Gasteiger partial charge on any atom is -0.491 e. The molecule has 0 bridgehead atoms. The van der Waals surface area contributed by atoms with Gasteiger partial charge in [-0.3, -0.25) is 34.8 Å². The molecule has 1 aliphatic heterocycles. The topological polar surface area (TPSA) is 233 Å². The molecule has 0 spiro atoms. The number of likely N-dealkylation sites (tertiary alicyclic amines) is 1. The summed E-state index contributed by atoms with van der Waals surface area (Å²) in [5.41, 5.74) is 8.07. The van der Waals surface area contributed by atoms with Crippen LogP contribution in [0.2, 0.25) is 0 Å². The van der Waals surface area contributed by atoms with E-state index in [4.69, 9.17) is 18.9 Å². The number of aliphatic hydroxyl groups is 1. The van der Waals surface area contributed by atoms with Gasteiger partial charge in [0, 0.05) is 36.8 Å². The molecule has 2 fully saturated rings. The van der Waals surface area contributed by atoms with Gasteiger partial charge in [0.2, 0.25) is 17.7 Å². The highest BCUT2D eigenvalue weighted by atomic mass is 32.1. The molecule has 1 aliphatic carbocycles. The Kier molecular flexibility index (Phi) is 18.2. The lowest BCUT2D eigenvalue weighted by molar-refractivity contribution is -0.144. The lowest BCUT2D eigenvalue weighted by Crippen LogP contribution is -2.58. The molecule has 1 saturated heterocycles. The SMILES string of the molecule is Cc1ncc(-c2ccc3nc(NC(=O)c4ccc(OCCOCCOCC(=O)N[C@H](C(=O)N5C[C@H](O)C[C@H]5C(=O)NCc5ccc(-c6scnc6C)cc5)C(C)(C)C)cc4)sc3c2)cc1NC(=O)OC1CCCCC1. The van der Waals surface area contributed by atoms with E-state index < -0.39 is 41.5 Å². The molecule has 396 valence electrons. The van der Waals surface area contributed by atoms with E-state index in [1.165, 1.54) is 22.7 Å². The van der Waals surface area contributed by atoms with Crippen molar-refractivity contribution in [3.8, 4) is 27.3 Å². The van der Waals surface area contributed by atoms with Crippen molar-refractivity contribution >= 4 is 73.4 Å². The number of fused-ring (bicyclic) bond motifs is 1. The summed E-state index contributed by atoms with van der Waals surface area (Å²) in [6, 6.07) is 20.3. The van der Waals surface area contributed by atoms with Gasteiger partial charge in [0.1, 0.15) is 37.2 Å². The molecule has 8 rings (SSSR count). The third-order valence-electron chi connectivity index (χ3n) is 13.0. The number of pyridine rings is 1. The maximum atomic E-state index is 14.0. The van der Waals surface area contributed by atoms with Crippen LogP contribution in [0.3, 0.4) is 0 Å². The van der Waals surface area contributed by atoms with Crippen LogP contribution in [0, 0.1) is 19.3 Å². The number of thiazole rings is 2. The maximum absolute atomic E-state index is 14.0. The minimum atomic E-state index is -0.990. The van der Waals surface area contributed by atoms with E-state index in [9.17, 15) is 29.1 Å². The van der Waals surface area contributed by atoms with E-state index in [1.807, 2.05) is 83.1 Å². The second-order valence-electron chi connectivity index (χ2n) is 19.8. The average Bonchev–Trinajstić information content (AvgIpc) is 4.14. The molecule has 20 heteroatoms. The molecule has 5 N–H and O–H groups in total. The van der Waals surface area contributed by atoms with Crippen LogP contribution in [0.15, 0.2) is 84.5 Å². The molecule has 2 aliphatic rings. The number of aromatic nitrogens is 3. The van der Waals surface area contributed by atoms with Crippen LogP contribution in [0.1, 0.15) is 86.6 Å². The summed E-state index contributed by atoms with van der Waals surface area (Å²) in [6.45, 7) is 9.90. The van der Waals surface area contributed by atoms with Crippen molar-refractivity contribution in [1.82, 2.24) is 30.5 Å². The second-order valence-corrected chi connectivity index (χ2v) is 21.7. The number of anilines is 2. The van der Waals surface area contributed by atoms with Gasteiger partial charge in [-0.05, 0) is 104 Å². The fourth-order valence-electron chi connectivity index (χ4n) is 8.91. The Morgan fingerprint density at radius 1 is 0.827 bits per heavy atom. The highest BCUT2D eigenvalue weighted by Crippen LogP contribution is 2.33. The van der Waals surface area contributed by atoms with Crippen LogP contribution in [0.5, 0.6) is 5.75 Å². The van der Waals surface area contributed by atoms with E-state index >= 15 is 0 Å². The predicted molar refractivity (Wildman–Crippen MR) is 288 cm³/mol. The van der Waals surface area contributed by atoms with Gasteiger partial charge in [-0.15, -0.1) is 11.3 Å². The van der Waals surface area contributed by atoms with Crippen molar-refractivity contribution in [3.05, 3.63) is 107 Å². The standard InChI is InChI=1S/C55H64N8O10S2/c1-33-44(60-54(69)73-42-9-7-6-8-10-42)25-39(29-56-33)38-17-20-43-46(26-38)75-53(59-43)62-50(66)37-15-18-41(19-16-37)72-24-23-70-21-22-71-31-47(65)61-49(55(3,4)5)52(68)63-30-40(64)27-45(63)51(67)57-28-35-11-13-36(14-12-35)48-34(2)58-32-74-48/h11-20,25-26,29,32,40,42,45,49,64H,6-10,21-24,27-28,30-31H2,1-5H3,(H,57,67)(H,60,69)(H,61,65)(H,59,62,66)/t40-,45+,49-/m1/s1.